The van der Waals surface area contributed by atoms with E-state index < -0.39 is 18.1 Å². The molecule has 0 radical (unpaired) electrons. The van der Waals surface area contributed by atoms with E-state index in [-0.39, 0.29) is 18.9 Å². The van der Waals surface area contributed by atoms with Crippen molar-refractivity contribution in [2.75, 3.05) is 13.7 Å². The Hall–Kier alpha value is -1.36. The molecule has 1 fully saturated rings. The van der Waals surface area contributed by atoms with Crippen molar-refractivity contribution in [3.8, 4) is 0 Å². The third kappa shape index (κ3) is 3.06. The first-order valence-electron chi connectivity index (χ1n) is 5.74. The smallest absolute Gasteiger partial charge is 0.328 e. The van der Waals surface area contributed by atoms with Crippen molar-refractivity contribution in [3.05, 3.63) is 11.6 Å². The summed E-state index contributed by atoms with van der Waals surface area (Å²) < 4.78 is 4.64. The van der Waals surface area contributed by atoms with E-state index in [0.29, 0.717) is 5.57 Å². The van der Waals surface area contributed by atoms with Crippen LogP contribution in [0, 0.1) is 0 Å². The molecule has 0 saturated carbocycles. The summed E-state index contributed by atoms with van der Waals surface area (Å²) in [5, 5.41) is 9.55. The van der Waals surface area contributed by atoms with E-state index in [1.54, 1.807) is 13.0 Å². The molecule has 1 N–H and O–H groups in total. The molecule has 0 bridgehead atoms. The normalized spacial score (nSPS) is 24.9. The molecule has 5 heteroatoms. The number of nitrogens with zero attached hydrogens (tertiary/aromatic N) is 1. The van der Waals surface area contributed by atoms with Crippen molar-refractivity contribution in [2.45, 2.75) is 38.8 Å². The van der Waals surface area contributed by atoms with Gasteiger partial charge in [-0.3, -0.25) is 4.79 Å². The largest absolute Gasteiger partial charge is 0.467 e. The van der Waals surface area contributed by atoms with Gasteiger partial charge in [-0.05, 0) is 13.3 Å². The van der Waals surface area contributed by atoms with Gasteiger partial charge in [-0.25, -0.2) is 4.79 Å². The number of likely N-dealkylation sites (tertiary alicyclic amines) is 1. The molecule has 5 nitrogen and oxygen atoms in total. The van der Waals surface area contributed by atoms with Gasteiger partial charge in [0, 0.05) is 18.5 Å². The highest BCUT2D eigenvalue weighted by Gasteiger charge is 2.39. The van der Waals surface area contributed by atoms with Crippen LogP contribution in [-0.4, -0.2) is 47.7 Å². The van der Waals surface area contributed by atoms with Gasteiger partial charge in [0.05, 0.1) is 13.2 Å². The predicted octanol–water partition coefficient (Wildman–Crippen LogP) is 0.477. The number of allylic oxidation sites excluding steroid dienone is 1. The maximum absolute atomic E-state index is 12.1. The fourth-order valence-electron chi connectivity index (χ4n) is 2.02. The number of β-amino-alcohol motifs (C(OH)–C–C–N with tert-alkyl or cyclic N) is 1. The molecule has 96 valence electrons. The molecule has 0 aromatic carbocycles. The Morgan fingerprint density at radius 2 is 2.18 bits per heavy atom. The topological polar surface area (TPSA) is 66.8 Å². The number of aliphatic hydroxyl groups excluding tert-OH is 1. The van der Waals surface area contributed by atoms with Crippen LogP contribution in [0.3, 0.4) is 0 Å². The molecule has 0 aliphatic carbocycles. The molecule has 17 heavy (non-hydrogen) atoms. The Kier molecular flexibility index (Phi) is 4.69. The molecule has 1 amide bonds. The molecule has 2 unspecified atom stereocenters. The summed E-state index contributed by atoms with van der Waals surface area (Å²) in [5.74, 6) is -0.682. The van der Waals surface area contributed by atoms with E-state index in [0.717, 1.165) is 6.42 Å². The van der Waals surface area contributed by atoms with Crippen molar-refractivity contribution in [2.24, 2.45) is 0 Å². The first-order chi connectivity index (χ1) is 8.01. The summed E-state index contributed by atoms with van der Waals surface area (Å²) in [6, 6.07) is -0.664. The Morgan fingerprint density at radius 3 is 2.71 bits per heavy atom. The van der Waals surface area contributed by atoms with Crippen molar-refractivity contribution < 1.29 is 19.4 Å². The Morgan fingerprint density at radius 1 is 1.53 bits per heavy atom. The number of rotatable bonds is 3. The van der Waals surface area contributed by atoms with Gasteiger partial charge in [-0.2, -0.15) is 0 Å². The van der Waals surface area contributed by atoms with Gasteiger partial charge < -0.3 is 14.7 Å². The maximum atomic E-state index is 12.1. The molecule has 0 aromatic rings. The van der Waals surface area contributed by atoms with E-state index in [4.69, 9.17) is 0 Å². The average molecular weight is 241 g/mol. The third-order valence-corrected chi connectivity index (χ3v) is 2.86. The highest BCUT2D eigenvalue weighted by Crippen LogP contribution is 2.21. The van der Waals surface area contributed by atoms with E-state index >= 15 is 0 Å². The lowest BCUT2D eigenvalue weighted by Crippen LogP contribution is -2.41. The van der Waals surface area contributed by atoms with Crippen LogP contribution in [0.5, 0.6) is 0 Å². The number of ether oxygens (including phenoxy) is 1. The number of carbonyl (C=O) groups excluding carboxylic acids is 2. The molecular weight excluding hydrogens is 222 g/mol. The van der Waals surface area contributed by atoms with Crippen LogP contribution in [0.25, 0.3) is 0 Å². The molecule has 1 rings (SSSR count). The molecule has 0 aromatic heterocycles. The van der Waals surface area contributed by atoms with Crippen molar-refractivity contribution in [1.82, 2.24) is 4.90 Å². The third-order valence-electron chi connectivity index (χ3n) is 2.86. The summed E-state index contributed by atoms with van der Waals surface area (Å²) in [6.45, 7) is 3.84. The minimum absolute atomic E-state index is 0.188. The van der Waals surface area contributed by atoms with Crippen molar-refractivity contribution in [3.63, 3.8) is 0 Å². The SMILES string of the molecule is CC/C=C(/C)C(=O)N1CC(O)CC1C(=O)OC. The summed E-state index contributed by atoms with van der Waals surface area (Å²) >= 11 is 0. The monoisotopic (exact) mass is 241 g/mol. The number of esters is 1. The fraction of sp³-hybridized carbons (Fsp3) is 0.667. The first kappa shape index (κ1) is 13.7. The number of methoxy groups -OCH3 is 1. The molecule has 1 aliphatic heterocycles. The van der Waals surface area contributed by atoms with Gasteiger partial charge in [-0.1, -0.05) is 13.0 Å². The van der Waals surface area contributed by atoms with Crippen LogP contribution in [0.4, 0.5) is 0 Å². The van der Waals surface area contributed by atoms with E-state index in [1.165, 1.54) is 12.0 Å². The standard InChI is InChI=1S/C12H19NO4/c1-4-5-8(2)11(15)13-7-9(14)6-10(13)12(16)17-3/h5,9-10,14H,4,6-7H2,1-3H3/b8-5-. The number of carbonyl (C=O) groups is 2. The zero-order chi connectivity index (χ0) is 13.0. The molecule has 1 heterocycles. The Balaban J connectivity index is 2.84. The van der Waals surface area contributed by atoms with Crippen LogP contribution < -0.4 is 0 Å². The van der Waals surface area contributed by atoms with Gasteiger partial charge in [0.1, 0.15) is 6.04 Å². The number of hydrogen-bond acceptors (Lipinski definition) is 4. The number of amides is 1. The van der Waals surface area contributed by atoms with Crippen LogP contribution in [-0.2, 0) is 14.3 Å². The second-order valence-electron chi connectivity index (χ2n) is 4.18. The van der Waals surface area contributed by atoms with E-state index in [2.05, 4.69) is 4.74 Å². The lowest BCUT2D eigenvalue weighted by Gasteiger charge is -2.22. The van der Waals surface area contributed by atoms with Gasteiger partial charge in [0.15, 0.2) is 0 Å². The highest BCUT2D eigenvalue weighted by molar-refractivity contribution is 5.96. The highest BCUT2D eigenvalue weighted by atomic mass is 16.5. The predicted molar refractivity (Wildman–Crippen MR) is 62.2 cm³/mol. The second-order valence-corrected chi connectivity index (χ2v) is 4.18. The zero-order valence-electron chi connectivity index (χ0n) is 10.5. The minimum Gasteiger partial charge on any atom is -0.467 e. The van der Waals surface area contributed by atoms with Gasteiger partial charge in [-0.15, -0.1) is 0 Å². The van der Waals surface area contributed by atoms with E-state index in [9.17, 15) is 14.7 Å². The average Bonchev–Trinajstić information content (AvgIpc) is 2.69. The molecule has 1 saturated heterocycles. The zero-order valence-corrected chi connectivity index (χ0v) is 10.5. The molecule has 2 atom stereocenters. The van der Waals surface area contributed by atoms with Gasteiger partial charge in [0.2, 0.25) is 5.91 Å². The Labute approximate surface area is 101 Å². The van der Waals surface area contributed by atoms with Gasteiger partial charge >= 0.3 is 5.97 Å². The number of aliphatic hydroxyl groups is 1. The Bertz CT molecular complexity index is 337. The van der Waals surface area contributed by atoms with Gasteiger partial charge in [0.25, 0.3) is 0 Å². The molecular formula is C12H19NO4. The second kappa shape index (κ2) is 5.82. The summed E-state index contributed by atoms with van der Waals surface area (Å²) in [6.07, 6.45) is 2.16. The lowest BCUT2D eigenvalue weighted by atomic mass is 10.2. The van der Waals surface area contributed by atoms with Crippen LogP contribution in [0.15, 0.2) is 11.6 Å². The minimum atomic E-state index is -0.664. The lowest BCUT2D eigenvalue weighted by molar-refractivity contribution is -0.149. The van der Waals surface area contributed by atoms with Crippen LogP contribution in [0.1, 0.15) is 26.7 Å². The summed E-state index contributed by atoms with van der Waals surface area (Å²) in [5.41, 5.74) is 0.593. The molecule has 1 aliphatic rings. The van der Waals surface area contributed by atoms with Crippen molar-refractivity contribution >= 4 is 11.9 Å². The molecule has 0 spiro atoms. The fourth-order valence-corrected chi connectivity index (χ4v) is 2.02. The first-order valence-corrected chi connectivity index (χ1v) is 5.74. The maximum Gasteiger partial charge on any atom is 0.328 e. The summed E-state index contributed by atoms with van der Waals surface area (Å²) in [4.78, 5) is 24.9. The number of hydrogen-bond donors (Lipinski definition) is 1. The van der Waals surface area contributed by atoms with Crippen molar-refractivity contribution in [1.29, 1.82) is 0 Å². The van der Waals surface area contributed by atoms with E-state index in [1.807, 2.05) is 6.92 Å². The quantitative estimate of drug-likeness (QED) is 0.576. The van der Waals surface area contributed by atoms with Crippen LogP contribution >= 0.6 is 0 Å². The summed E-state index contributed by atoms with van der Waals surface area (Å²) in [7, 11) is 1.28. The van der Waals surface area contributed by atoms with Crippen LogP contribution in [0.2, 0.25) is 0 Å².